The van der Waals surface area contributed by atoms with Gasteiger partial charge >= 0.3 is 0 Å². The van der Waals surface area contributed by atoms with Gasteiger partial charge in [-0.05, 0) is 18.6 Å². The monoisotopic (exact) mass is 371 g/mol. The standard InChI is InChI=1S/C19H21N3O3S/c1-3-26(24,25)21-17-12-8-7-11-16(17)18-13-19(22(20-18)14(2)23)15-9-5-4-6-10-15/h4-12,19,21H,3,13H2,1-2H3. The van der Waals surface area contributed by atoms with Crippen LogP contribution in [0.25, 0.3) is 0 Å². The lowest BCUT2D eigenvalue weighted by molar-refractivity contribution is -0.130. The first kappa shape index (κ1) is 18.1. The van der Waals surface area contributed by atoms with Gasteiger partial charge in [0.05, 0.1) is 23.2 Å². The van der Waals surface area contributed by atoms with Gasteiger partial charge in [0.1, 0.15) is 0 Å². The lowest BCUT2D eigenvalue weighted by Crippen LogP contribution is -2.24. The number of rotatable bonds is 5. The number of hydrogen-bond donors (Lipinski definition) is 1. The van der Waals surface area contributed by atoms with Crippen molar-refractivity contribution in [3.63, 3.8) is 0 Å². The van der Waals surface area contributed by atoms with Crippen molar-refractivity contribution < 1.29 is 13.2 Å². The molecule has 7 heteroatoms. The zero-order valence-corrected chi connectivity index (χ0v) is 15.5. The van der Waals surface area contributed by atoms with Crippen molar-refractivity contribution in [1.82, 2.24) is 5.01 Å². The normalized spacial score (nSPS) is 17.1. The number of hydrazone groups is 1. The van der Waals surface area contributed by atoms with E-state index in [4.69, 9.17) is 0 Å². The van der Waals surface area contributed by atoms with Gasteiger partial charge < -0.3 is 0 Å². The molecule has 0 aliphatic carbocycles. The molecule has 6 nitrogen and oxygen atoms in total. The molecule has 0 radical (unpaired) electrons. The number of hydrogen-bond acceptors (Lipinski definition) is 4. The van der Waals surface area contributed by atoms with Crippen molar-refractivity contribution in [3.8, 4) is 0 Å². The molecular formula is C19H21N3O3S. The van der Waals surface area contributed by atoms with E-state index in [1.807, 2.05) is 42.5 Å². The molecule has 1 N–H and O–H groups in total. The van der Waals surface area contributed by atoms with Gasteiger partial charge in [-0.15, -0.1) is 0 Å². The van der Waals surface area contributed by atoms with Crippen LogP contribution in [0.15, 0.2) is 59.7 Å². The highest BCUT2D eigenvalue weighted by Gasteiger charge is 2.32. The average Bonchev–Trinajstić information content (AvgIpc) is 3.08. The van der Waals surface area contributed by atoms with Crippen LogP contribution in [0.4, 0.5) is 5.69 Å². The first-order valence-electron chi connectivity index (χ1n) is 8.43. The quantitative estimate of drug-likeness (QED) is 0.877. The van der Waals surface area contributed by atoms with Gasteiger partial charge in [0.15, 0.2) is 0 Å². The molecule has 136 valence electrons. The van der Waals surface area contributed by atoms with Gasteiger partial charge in [0.2, 0.25) is 15.9 Å². The molecule has 0 saturated heterocycles. The molecule has 2 aromatic rings. The Kier molecular flexibility index (Phi) is 5.08. The summed E-state index contributed by atoms with van der Waals surface area (Å²) < 4.78 is 26.6. The molecule has 0 bridgehead atoms. The van der Waals surface area contributed by atoms with E-state index in [1.165, 1.54) is 11.9 Å². The maximum Gasteiger partial charge on any atom is 0.240 e. The lowest BCUT2D eigenvalue weighted by Gasteiger charge is -2.20. The van der Waals surface area contributed by atoms with E-state index in [9.17, 15) is 13.2 Å². The number of carbonyl (C=O) groups excluding carboxylic acids is 1. The third-order valence-corrected chi connectivity index (χ3v) is 5.59. The molecule has 1 heterocycles. The molecule has 0 aromatic heterocycles. The maximum atomic E-state index is 12.1. The molecule has 0 spiro atoms. The summed E-state index contributed by atoms with van der Waals surface area (Å²) in [5.74, 6) is -0.166. The van der Waals surface area contributed by atoms with E-state index in [2.05, 4.69) is 9.82 Å². The predicted molar refractivity (Wildman–Crippen MR) is 102 cm³/mol. The number of nitrogens with zero attached hydrogens (tertiary/aromatic N) is 2. The van der Waals surface area contributed by atoms with Crippen molar-refractivity contribution >= 4 is 27.3 Å². The number of amides is 1. The fourth-order valence-electron chi connectivity index (χ4n) is 2.96. The van der Waals surface area contributed by atoms with Gasteiger partial charge in [0.25, 0.3) is 0 Å². The van der Waals surface area contributed by atoms with Crippen LogP contribution in [0, 0.1) is 0 Å². The minimum absolute atomic E-state index is 0.0139. The van der Waals surface area contributed by atoms with Gasteiger partial charge in [-0.1, -0.05) is 48.5 Å². The Labute approximate surface area is 153 Å². The van der Waals surface area contributed by atoms with Crippen molar-refractivity contribution in [2.75, 3.05) is 10.5 Å². The topological polar surface area (TPSA) is 78.8 Å². The van der Waals surface area contributed by atoms with Gasteiger partial charge in [-0.3, -0.25) is 9.52 Å². The van der Waals surface area contributed by atoms with E-state index in [0.29, 0.717) is 23.4 Å². The first-order valence-corrected chi connectivity index (χ1v) is 10.1. The Morgan fingerprint density at radius 1 is 1.15 bits per heavy atom. The zero-order chi connectivity index (χ0) is 18.7. The fraction of sp³-hybridized carbons (Fsp3) is 0.263. The molecular weight excluding hydrogens is 350 g/mol. The second-order valence-corrected chi connectivity index (χ2v) is 8.10. The van der Waals surface area contributed by atoms with Crippen molar-refractivity contribution in [2.24, 2.45) is 5.10 Å². The Morgan fingerprint density at radius 2 is 1.81 bits per heavy atom. The summed E-state index contributed by atoms with van der Waals surface area (Å²) in [7, 11) is -3.41. The minimum Gasteiger partial charge on any atom is -0.283 e. The van der Waals surface area contributed by atoms with Crippen LogP contribution in [-0.2, 0) is 14.8 Å². The summed E-state index contributed by atoms with van der Waals surface area (Å²) in [6.07, 6.45) is 0.522. The van der Waals surface area contributed by atoms with Crippen LogP contribution in [0.2, 0.25) is 0 Å². The highest BCUT2D eigenvalue weighted by atomic mass is 32.2. The Bertz CT molecular complexity index is 940. The van der Waals surface area contributed by atoms with Crippen LogP contribution >= 0.6 is 0 Å². The third-order valence-electron chi connectivity index (χ3n) is 4.30. The number of para-hydroxylation sites is 1. The highest BCUT2D eigenvalue weighted by Crippen LogP contribution is 2.34. The minimum atomic E-state index is -3.41. The zero-order valence-electron chi connectivity index (χ0n) is 14.7. The molecule has 0 saturated carbocycles. The average molecular weight is 371 g/mol. The number of carbonyl (C=O) groups is 1. The van der Waals surface area contributed by atoms with E-state index in [0.717, 1.165) is 5.56 Å². The molecule has 1 amide bonds. The van der Waals surface area contributed by atoms with E-state index < -0.39 is 10.0 Å². The van der Waals surface area contributed by atoms with Gasteiger partial charge in [-0.2, -0.15) is 5.10 Å². The molecule has 1 aliphatic heterocycles. The second-order valence-electron chi connectivity index (χ2n) is 6.09. The summed E-state index contributed by atoms with van der Waals surface area (Å²) in [6.45, 7) is 3.06. The van der Waals surface area contributed by atoms with Gasteiger partial charge in [-0.25, -0.2) is 13.4 Å². The summed E-state index contributed by atoms with van der Waals surface area (Å²) in [6, 6.07) is 16.6. The molecule has 3 rings (SSSR count). The van der Waals surface area contributed by atoms with Crippen LogP contribution in [-0.4, -0.2) is 30.8 Å². The van der Waals surface area contributed by atoms with Crippen molar-refractivity contribution in [3.05, 3.63) is 65.7 Å². The molecule has 1 unspecified atom stereocenters. The molecule has 1 atom stereocenters. The molecule has 1 aliphatic rings. The first-order chi connectivity index (χ1) is 12.4. The van der Waals surface area contributed by atoms with E-state index >= 15 is 0 Å². The summed E-state index contributed by atoms with van der Waals surface area (Å²) >= 11 is 0. The number of nitrogens with one attached hydrogen (secondary N) is 1. The highest BCUT2D eigenvalue weighted by molar-refractivity contribution is 7.92. The van der Waals surface area contributed by atoms with Crippen LogP contribution in [0.3, 0.4) is 0 Å². The second kappa shape index (κ2) is 7.29. The van der Waals surface area contributed by atoms with E-state index in [-0.39, 0.29) is 17.7 Å². The maximum absolute atomic E-state index is 12.1. The molecule has 2 aromatic carbocycles. The molecule has 0 fully saturated rings. The largest absolute Gasteiger partial charge is 0.283 e. The number of benzene rings is 2. The Morgan fingerprint density at radius 3 is 2.46 bits per heavy atom. The van der Waals surface area contributed by atoms with Crippen LogP contribution < -0.4 is 4.72 Å². The summed E-state index contributed by atoms with van der Waals surface area (Å²) in [5.41, 5.74) is 2.84. The summed E-state index contributed by atoms with van der Waals surface area (Å²) in [4.78, 5) is 12.1. The molecule has 26 heavy (non-hydrogen) atoms. The summed E-state index contributed by atoms with van der Waals surface area (Å²) in [5, 5.41) is 5.97. The third kappa shape index (κ3) is 3.77. The van der Waals surface area contributed by atoms with Crippen LogP contribution in [0.1, 0.15) is 37.4 Å². The van der Waals surface area contributed by atoms with Crippen molar-refractivity contribution in [1.29, 1.82) is 0 Å². The SMILES string of the molecule is CCS(=O)(=O)Nc1ccccc1C1=NN(C(C)=O)C(c2ccccc2)C1. The Hall–Kier alpha value is -2.67. The lowest BCUT2D eigenvalue weighted by atomic mass is 9.98. The number of sulfonamides is 1. The van der Waals surface area contributed by atoms with Gasteiger partial charge in [0, 0.05) is 18.9 Å². The van der Waals surface area contributed by atoms with Crippen LogP contribution in [0.5, 0.6) is 0 Å². The fourth-order valence-corrected chi connectivity index (χ4v) is 3.62. The van der Waals surface area contributed by atoms with Crippen molar-refractivity contribution in [2.45, 2.75) is 26.3 Å². The smallest absolute Gasteiger partial charge is 0.240 e. The number of anilines is 1. The van der Waals surface area contributed by atoms with E-state index in [1.54, 1.807) is 19.1 Å². The Balaban J connectivity index is 1.98. The predicted octanol–water partition coefficient (Wildman–Crippen LogP) is 3.15.